The Morgan fingerprint density at radius 3 is 2.21 bits per heavy atom. The average molecular weight is 222 g/mol. The minimum Gasteiger partial charge on any atom is -0.355 e. The molecule has 3 N–H and O–H groups in total. The molecule has 0 atom stereocenters. The summed E-state index contributed by atoms with van der Waals surface area (Å²) in [7, 11) is 0. The lowest BCUT2D eigenvalue weighted by Crippen LogP contribution is -2.42. The predicted molar refractivity (Wildman–Crippen MR) is 50.9 cm³/mol. The van der Waals surface area contributed by atoms with Gasteiger partial charge in [-0.05, 0) is 0 Å². The van der Waals surface area contributed by atoms with Gasteiger partial charge in [0.25, 0.3) is 0 Å². The fourth-order valence-electron chi connectivity index (χ4n) is 0.619. The van der Waals surface area contributed by atoms with E-state index >= 15 is 0 Å². The van der Waals surface area contributed by atoms with E-state index in [0.717, 1.165) is 0 Å². The largest absolute Gasteiger partial charge is 0.355 e. The summed E-state index contributed by atoms with van der Waals surface area (Å²) in [5.74, 6) is -1.01. The van der Waals surface area contributed by atoms with E-state index < -0.39 is 11.9 Å². The van der Waals surface area contributed by atoms with Crippen LogP contribution in [0.15, 0.2) is 0 Å². The van der Waals surface area contributed by atoms with Crippen molar-refractivity contribution in [3.63, 3.8) is 0 Å². The van der Waals surface area contributed by atoms with Crippen LogP contribution in [-0.2, 0) is 9.59 Å². The minimum absolute atomic E-state index is 0.177. The van der Waals surface area contributed by atoms with Gasteiger partial charge < -0.3 is 10.6 Å². The van der Waals surface area contributed by atoms with Crippen molar-refractivity contribution in [3.05, 3.63) is 0 Å². The number of alkyl halides is 1. The van der Waals surface area contributed by atoms with E-state index in [-0.39, 0.29) is 18.3 Å². The molecule has 0 saturated carbocycles. The van der Waals surface area contributed by atoms with Crippen LogP contribution in [0.25, 0.3) is 0 Å². The summed E-state index contributed by atoms with van der Waals surface area (Å²) in [6.07, 6.45) is 0. The van der Waals surface area contributed by atoms with Crippen molar-refractivity contribution in [3.8, 4) is 0 Å². The van der Waals surface area contributed by atoms with E-state index in [0.29, 0.717) is 6.54 Å². The highest BCUT2D eigenvalue weighted by Crippen LogP contribution is 1.74. The Morgan fingerprint density at radius 2 is 1.71 bits per heavy atom. The van der Waals surface area contributed by atoms with E-state index in [2.05, 4.69) is 10.6 Å². The third-order valence-corrected chi connectivity index (χ3v) is 1.40. The zero-order valence-corrected chi connectivity index (χ0v) is 8.48. The standard InChI is InChI=1S/C7H12ClN3O3/c1-5(12)9-2-3-10-7(14)11-6(13)4-8/h2-4H2,1H3,(H,9,12)(H2,10,11,13,14). The quantitative estimate of drug-likeness (QED) is 0.429. The molecule has 7 heteroatoms. The molecular formula is C7H12ClN3O3. The number of halogens is 1. The van der Waals surface area contributed by atoms with E-state index in [9.17, 15) is 14.4 Å². The number of hydrogen-bond acceptors (Lipinski definition) is 3. The van der Waals surface area contributed by atoms with Crippen molar-refractivity contribution in [1.82, 2.24) is 16.0 Å². The van der Waals surface area contributed by atoms with Gasteiger partial charge >= 0.3 is 6.03 Å². The molecule has 0 bridgehead atoms. The molecule has 0 spiro atoms. The highest BCUT2D eigenvalue weighted by atomic mass is 35.5. The number of urea groups is 1. The van der Waals surface area contributed by atoms with Gasteiger partial charge in [-0.1, -0.05) is 0 Å². The summed E-state index contributed by atoms with van der Waals surface area (Å²) < 4.78 is 0. The minimum atomic E-state index is -0.624. The fourth-order valence-corrected chi connectivity index (χ4v) is 0.686. The monoisotopic (exact) mass is 221 g/mol. The SMILES string of the molecule is CC(=O)NCCNC(=O)NC(=O)CCl. The van der Waals surface area contributed by atoms with Gasteiger partial charge in [0.1, 0.15) is 5.88 Å². The first-order valence-electron chi connectivity index (χ1n) is 3.94. The summed E-state index contributed by atoms with van der Waals surface area (Å²) >= 11 is 5.15. The molecule has 80 valence electrons. The van der Waals surface area contributed by atoms with Crippen LogP contribution in [-0.4, -0.2) is 36.8 Å². The molecule has 4 amide bonds. The lowest BCUT2D eigenvalue weighted by Gasteiger charge is -2.05. The van der Waals surface area contributed by atoms with Crippen molar-refractivity contribution in [2.45, 2.75) is 6.92 Å². The van der Waals surface area contributed by atoms with Crippen molar-refractivity contribution in [2.24, 2.45) is 0 Å². The van der Waals surface area contributed by atoms with Crippen molar-refractivity contribution < 1.29 is 14.4 Å². The van der Waals surface area contributed by atoms with Gasteiger partial charge in [-0.2, -0.15) is 0 Å². The van der Waals surface area contributed by atoms with Crippen LogP contribution in [0.4, 0.5) is 4.79 Å². The summed E-state index contributed by atoms with van der Waals surface area (Å²) in [4.78, 5) is 31.8. The number of imide groups is 1. The van der Waals surface area contributed by atoms with E-state index in [1.54, 1.807) is 0 Å². The molecule has 6 nitrogen and oxygen atoms in total. The van der Waals surface area contributed by atoms with Gasteiger partial charge in [0.2, 0.25) is 11.8 Å². The molecule has 0 aromatic rings. The summed E-state index contributed by atoms with van der Waals surface area (Å²) in [6, 6.07) is -0.624. The van der Waals surface area contributed by atoms with Crippen LogP contribution in [0.3, 0.4) is 0 Å². The van der Waals surface area contributed by atoms with Crippen molar-refractivity contribution >= 4 is 29.4 Å². The Hall–Kier alpha value is -1.30. The Bertz CT molecular complexity index is 232. The second kappa shape index (κ2) is 7.14. The number of nitrogens with one attached hydrogen (secondary N) is 3. The maximum absolute atomic E-state index is 10.8. The number of hydrogen-bond donors (Lipinski definition) is 3. The van der Waals surface area contributed by atoms with E-state index in [4.69, 9.17) is 11.6 Å². The second-order valence-electron chi connectivity index (χ2n) is 2.42. The summed E-state index contributed by atoms with van der Waals surface area (Å²) in [5, 5.41) is 6.82. The molecule has 0 unspecified atom stereocenters. The van der Waals surface area contributed by atoms with E-state index in [1.165, 1.54) is 6.92 Å². The molecule has 0 aromatic carbocycles. The first-order valence-corrected chi connectivity index (χ1v) is 4.47. The lowest BCUT2D eigenvalue weighted by atomic mass is 10.5. The number of amides is 4. The van der Waals surface area contributed by atoms with Crippen LogP contribution in [0.2, 0.25) is 0 Å². The average Bonchev–Trinajstić information content (AvgIpc) is 2.12. The number of carbonyl (C=O) groups excluding carboxylic acids is 3. The topological polar surface area (TPSA) is 87.3 Å². The third-order valence-electron chi connectivity index (χ3n) is 1.16. The van der Waals surface area contributed by atoms with Gasteiger partial charge in [0, 0.05) is 20.0 Å². The molecule has 0 aromatic heterocycles. The molecular weight excluding hydrogens is 210 g/mol. The molecule has 0 aliphatic heterocycles. The van der Waals surface area contributed by atoms with Gasteiger partial charge in [-0.3, -0.25) is 14.9 Å². The summed E-state index contributed by atoms with van der Waals surface area (Å²) in [5.41, 5.74) is 0. The Balaban J connectivity index is 3.45. The normalized spacial score (nSPS) is 9.00. The maximum atomic E-state index is 10.8. The molecule has 0 rings (SSSR count). The lowest BCUT2D eigenvalue weighted by molar-refractivity contribution is -0.119. The molecule has 0 saturated heterocycles. The van der Waals surface area contributed by atoms with Crippen molar-refractivity contribution in [2.75, 3.05) is 19.0 Å². The zero-order valence-electron chi connectivity index (χ0n) is 7.72. The first-order chi connectivity index (χ1) is 6.56. The van der Waals surface area contributed by atoms with Gasteiger partial charge in [0.15, 0.2) is 0 Å². The molecule has 0 radical (unpaired) electrons. The van der Waals surface area contributed by atoms with Crippen LogP contribution >= 0.6 is 11.6 Å². The Labute approximate surface area is 86.4 Å². The van der Waals surface area contributed by atoms with Gasteiger partial charge in [-0.15, -0.1) is 11.6 Å². The Kier molecular flexibility index (Phi) is 6.47. The second-order valence-corrected chi connectivity index (χ2v) is 2.69. The molecule has 0 heterocycles. The predicted octanol–water partition coefficient (Wildman–Crippen LogP) is -0.813. The van der Waals surface area contributed by atoms with Crippen molar-refractivity contribution in [1.29, 1.82) is 0 Å². The molecule has 0 aliphatic rings. The van der Waals surface area contributed by atoms with E-state index in [1.807, 2.05) is 5.32 Å². The molecule has 0 aliphatic carbocycles. The first kappa shape index (κ1) is 12.7. The summed E-state index contributed by atoms with van der Waals surface area (Å²) in [6.45, 7) is 1.94. The van der Waals surface area contributed by atoms with Gasteiger partial charge in [-0.25, -0.2) is 4.79 Å². The third kappa shape index (κ3) is 7.35. The number of carbonyl (C=O) groups is 3. The highest BCUT2D eigenvalue weighted by molar-refractivity contribution is 6.28. The zero-order chi connectivity index (χ0) is 11.0. The molecule has 0 fully saturated rings. The van der Waals surface area contributed by atoms with Crippen LogP contribution in [0.5, 0.6) is 0 Å². The Morgan fingerprint density at radius 1 is 1.14 bits per heavy atom. The molecule has 14 heavy (non-hydrogen) atoms. The highest BCUT2D eigenvalue weighted by Gasteiger charge is 2.04. The maximum Gasteiger partial charge on any atom is 0.321 e. The smallest absolute Gasteiger partial charge is 0.321 e. The van der Waals surface area contributed by atoms with Gasteiger partial charge in [0.05, 0.1) is 0 Å². The van der Waals surface area contributed by atoms with Crippen LogP contribution in [0, 0.1) is 0 Å². The fraction of sp³-hybridized carbons (Fsp3) is 0.571. The number of rotatable bonds is 4. The van der Waals surface area contributed by atoms with Crippen LogP contribution < -0.4 is 16.0 Å². The van der Waals surface area contributed by atoms with Crippen LogP contribution in [0.1, 0.15) is 6.92 Å².